The average Bonchev–Trinajstić information content (AvgIpc) is 3.17. The fraction of sp³-hybridized carbons (Fsp3) is 0.391. The zero-order chi connectivity index (χ0) is 20.5. The zero-order valence-electron chi connectivity index (χ0n) is 16.8. The van der Waals surface area contributed by atoms with E-state index in [9.17, 15) is 9.18 Å². The van der Waals surface area contributed by atoms with Gasteiger partial charge in [-0.05, 0) is 24.1 Å². The van der Waals surface area contributed by atoms with Crippen molar-refractivity contribution in [3.63, 3.8) is 0 Å². The van der Waals surface area contributed by atoms with Crippen LogP contribution in [0, 0.1) is 11.7 Å². The number of aromatic nitrogens is 1. The topological polar surface area (TPSA) is 39.7 Å². The molecule has 0 aliphatic carbocycles. The zero-order valence-corrected chi connectivity index (χ0v) is 17.7. The number of hydrogen-bond acceptors (Lipinski definition) is 5. The molecule has 1 amide bonds. The second kappa shape index (κ2) is 8.32. The molecule has 0 spiro atoms. The first-order chi connectivity index (χ1) is 14.7. The summed E-state index contributed by atoms with van der Waals surface area (Å²) < 4.78 is 14.7. The van der Waals surface area contributed by atoms with Crippen LogP contribution in [0.25, 0.3) is 10.2 Å². The van der Waals surface area contributed by atoms with Gasteiger partial charge in [0.1, 0.15) is 11.3 Å². The van der Waals surface area contributed by atoms with Gasteiger partial charge < -0.3 is 9.80 Å². The maximum atomic E-state index is 13.9. The van der Waals surface area contributed by atoms with Gasteiger partial charge in [-0.2, -0.15) is 0 Å². The Morgan fingerprint density at radius 1 is 1.03 bits per heavy atom. The maximum absolute atomic E-state index is 13.9. The van der Waals surface area contributed by atoms with Crippen molar-refractivity contribution >= 4 is 32.6 Å². The number of rotatable bonds is 5. The highest BCUT2D eigenvalue weighted by atomic mass is 32.1. The van der Waals surface area contributed by atoms with E-state index >= 15 is 0 Å². The summed E-state index contributed by atoms with van der Waals surface area (Å²) in [7, 11) is 0. The average molecular weight is 425 g/mol. The molecule has 30 heavy (non-hydrogen) atoms. The molecular weight excluding hydrogens is 399 g/mol. The molecule has 2 aliphatic rings. The number of para-hydroxylation sites is 1. The van der Waals surface area contributed by atoms with Crippen molar-refractivity contribution in [3.05, 3.63) is 59.9 Å². The first-order valence-electron chi connectivity index (χ1n) is 10.5. The Labute approximate surface area is 179 Å². The Bertz CT molecular complexity index is 1030. The van der Waals surface area contributed by atoms with E-state index in [-0.39, 0.29) is 17.6 Å². The number of carbonyl (C=O) groups excluding carboxylic acids is 1. The lowest BCUT2D eigenvalue weighted by Crippen LogP contribution is -2.58. The van der Waals surface area contributed by atoms with E-state index in [4.69, 9.17) is 0 Å². The molecule has 5 nitrogen and oxygen atoms in total. The third-order valence-electron chi connectivity index (χ3n) is 6.10. The standard InChI is InChI=1S/C23H25FN4OS/c24-19-7-4-8-20-21(19)25-23(30-20)28-15-18(16-28)22(29)27-13-11-26(12-14-27)10-9-17-5-2-1-3-6-17/h1-8,18H,9-16H2. The van der Waals surface area contributed by atoms with Crippen LogP contribution in [0.3, 0.4) is 0 Å². The summed E-state index contributed by atoms with van der Waals surface area (Å²) >= 11 is 1.49. The summed E-state index contributed by atoms with van der Waals surface area (Å²) in [5, 5.41) is 0.810. The molecule has 5 rings (SSSR count). The first-order valence-corrected chi connectivity index (χ1v) is 11.3. The lowest BCUT2D eigenvalue weighted by atomic mass is 9.99. The number of anilines is 1. The van der Waals surface area contributed by atoms with Crippen LogP contribution in [-0.4, -0.2) is 66.5 Å². The monoisotopic (exact) mass is 424 g/mol. The van der Waals surface area contributed by atoms with Crippen molar-refractivity contribution in [3.8, 4) is 0 Å². The van der Waals surface area contributed by atoms with Crippen molar-refractivity contribution in [1.82, 2.24) is 14.8 Å². The molecule has 156 valence electrons. The Balaban J connectivity index is 1.10. The molecule has 3 heterocycles. The molecule has 2 fully saturated rings. The molecule has 0 N–H and O–H groups in total. The molecule has 1 aromatic heterocycles. The van der Waals surface area contributed by atoms with Crippen molar-refractivity contribution < 1.29 is 9.18 Å². The molecule has 7 heteroatoms. The van der Waals surface area contributed by atoms with Gasteiger partial charge in [0.25, 0.3) is 0 Å². The third-order valence-corrected chi connectivity index (χ3v) is 7.18. The fourth-order valence-electron chi connectivity index (χ4n) is 4.21. The SMILES string of the molecule is O=C(C1CN(c2nc3c(F)cccc3s2)C1)N1CCN(CCc2ccccc2)CC1. The van der Waals surface area contributed by atoms with E-state index in [0.29, 0.717) is 18.6 Å². The van der Waals surface area contributed by atoms with Crippen LogP contribution in [0.4, 0.5) is 9.52 Å². The number of hydrogen-bond donors (Lipinski definition) is 0. The number of nitrogens with zero attached hydrogens (tertiary/aromatic N) is 4. The van der Waals surface area contributed by atoms with E-state index < -0.39 is 0 Å². The number of benzene rings is 2. The van der Waals surface area contributed by atoms with Crippen LogP contribution >= 0.6 is 11.3 Å². The quantitative estimate of drug-likeness (QED) is 0.630. The number of fused-ring (bicyclic) bond motifs is 1. The molecule has 3 aromatic rings. The number of thiazole rings is 1. The highest BCUT2D eigenvalue weighted by Crippen LogP contribution is 2.34. The summed E-state index contributed by atoms with van der Waals surface area (Å²) in [6.07, 6.45) is 1.05. The highest BCUT2D eigenvalue weighted by Gasteiger charge is 2.37. The van der Waals surface area contributed by atoms with E-state index in [0.717, 1.165) is 49.0 Å². The van der Waals surface area contributed by atoms with Crippen molar-refractivity contribution in [1.29, 1.82) is 0 Å². The van der Waals surface area contributed by atoms with Crippen molar-refractivity contribution in [2.75, 3.05) is 50.7 Å². The van der Waals surface area contributed by atoms with Crippen LogP contribution in [0.2, 0.25) is 0 Å². The molecule has 0 bridgehead atoms. The van der Waals surface area contributed by atoms with Gasteiger partial charge in [-0.3, -0.25) is 9.69 Å². The molecule has 0 atom stereocenters. The molecular formula is C23H25FN4OS. The number of halogens is 1. The van der Waals surface area contributed by atoms with Gasteiger partial charge in [0.2, 0.25) is 5.91 Å². The van der Waals surface area contributed by atoms with Gasteiger partial charge >= 0.3 is 0 Å². The van der Waals surface area contributed by atoms with Crippen LogP contribution < -0.4 is 4.90 Å². The second-order valence-corrected chi connectivity index (χ2v) is 9.10. The van der Waals surface area contributed by atoms with Crippen LogP contribution in [-0.2, 0) is 11.2 Å². The summed E-state index contributed by atoms with van der Waals surface area (Å²) in [5.74, 6) is -0.00716. The molecule has 2 aromatic carbocycles. The predicted octanol–water partition coefficient (Wildman–Crippen LogP) is 3.26. The molecule has 0 saturated carbocycles. The first kappa shape index (κ1) is 19.5. The van der Waals surface area contributed by atoms with E-state index in [2.05, 4.69) is 39.0 Å². The van der Waals surface area contributed by atoms with Gasteiger partial charge in [0.15, 0.2) is 5.13 Å². The third kappa shape index (κ3) is 3.91. The summed E-state index contributed by atoms with van der Waals surface area (Å²) in [4.78, 5) is 23.9. The molecule has 0 radical (unpaired) electrons. The Hall–Kier alpha value is -2.51. The molecule has 0 unspecified atom stereocenters. The van der Waals surface area contributed by atoms with E-state index in [1.807, 2.05) is 17.0 Å². The lowest BCUT2D eigenvalue weighted by Gasteiger charge is -2.42. The Morgan fingerprint density at radius 3 is 2.53 bits per heavy atom. The fourth-order valence-corrected chi connectivity index (χ4v) is 5.21. The van der Waals surface area contributed by atoms with Crippen LogP contribution in [0.1, 0.15) is 5.56 Å². The van der Waals surface area contributed by atoms with Gasteiger partial charge in [-0.15, -0.1) is 0 Å². The van der Waals surface area contributed by atoms with Gasteiger partial charge in [0, 0.05) is 45.8 Å². The summed E-state index contributed by atoms with van der Waals surface area (Å²) in [6, 6.07) is 15.6. The second-order valence-electron chi connectivity index (χ2n) is 8.09. The van der Waals surface area contributed by atoms with E-state index in [1.165, 1.54) is 23.0 Å². The van der Waals surface area contributed by atoms with Gasteiger partial charge in [0.05, 0.1) is 10.6 Å². The van der Waals surface area contributed by atoms with Crippen LogP contribution in [0.5, 0.6) is 0 Å². The van der Waals surface area contributed by atoms with Gasteiger partial charge in [-0.1, -0.05) is 47.7 Å². The maximum Gasteiger partial charge on any atom is 0.229 e. The minimum Gasteiger partial charge on any atom is -0.346 e. The minimum absolute atomic E-state index is 0.0257. The minimum atomic E-state index is -0.284. The van der Waals surface area contributed by atoms with Crippen molar-refractivity contribution in [2.24, 2.45) is 5.92 Å². The predicted molar refractivity (Wildman–Crippen MR) is 118 cm³/mol. The molecule has 2 aliphatic heterocycles. The number of piperazine rings is 1. The Morgan fingerprint density at radius 2 is 1.80 bits per heavy atom. The molecule has 2 saturated heterocycles. The highest BCUT2D eigenvalue weighted by molar-refractivity contribution is 7.22. The lowest BCUT2D eigenvalue weighted by molar-refractivity contribution is -0.138. The number of carbonyl (C=O) groups is 1. The Kier molecular flexibility index (Phi) is 5.39. The van der Waals surface area contributed by atoms with Crippen molar-refractivity contribution in [2.45, 2.75) is 6.42 Å². The number of amides is 1. The smallest absolute Gasteiger partial charge is 0.229 e. The summed E-state index contributed by atoms with van der Waals surface area (Å²) in [6.45, 7) is 5.87. The van der Waals surface area contributed by atoms with Gasteiger partial charge in [-0.25, -0.2) is 9.37 Å². The van der Waals surface area contributed by atoms with Crippen LogP contribution in [0.15, 0.2) is 48.5 Å². The largest absolute Gasteiger partial charge is 0.346 e. The summed E-state index contributed by atoms with van der Waals surface area (Å²) in [5.41, 5.74) is 1.79. The van der Waals surface area contributed by atoms with E-state index in [1.54, 1.807) is 6.07 Å². The normalized spacial score (nSPS) is 18.0.